The summed E-state index contributed by atoms with van der Waals surface area (Å²) in [4.78, 5) is 45.3. The Labute approximate surface area is 272 Å². The minimum atomic E-state index is -1.12. The first-order chi connectivity index (χ1) is 22.8. The number of anilines is 1. The molecule has 5 aromatic rings. The quantitative estimate of drug-likeness (QED) is 0.178. The average Bonchev–Trinajstić information content (AvgIpc) is 3.78. The molecule has 10 nitrogen and oxygen atoms in total. The topological polar surface area (TPSA) is 129 Å². The van der Waals surface area contributed by atoms with Crippen LogP contribution in [0.25, 0.3) is 34.0 Å². The van der Waals surface area contributed by atoms with Gasteiger partial charge in [0.1, 0.15) is 6.54 Å². The van der Waals surface area contributed by atoms with Crippen LogP contribution in [0.4, 0.5) is 5.69 Å². The molecule has 0 spiro atoms. The van der Waals surface area contributed by atoms with Crippen molar-refractivity contribution in [3.8, 4) is 34.0 Å². The summed E-state index contributed by atoms with van der Waals surface area (Å²) in [6.45, 7) is 3.86. The van der Waals surface area contributed by atoms with Gasteiger partial charge in [-0.1, -0.05) is 71.4 Å². The number of amides is 2. The number of carbonyl (C=O) groups excluding carboxylic acids is 2. The molecule has 10 heteroatoms. The number of nitrogens with zero attached hydrogens (tertiary/aromatic N) is 4. The summed E-state index contributed by atoms with van der Waals surface area (Å²) < 4.78 is 5.54. The van der Waals surface area contributed by atoms with Gasteiger partial charge in [0.2, 0.25) is 11.7 Å². The van der Waals surface area contributed by atoms with Gasteiger partial charge in [-0.3, -0.25) is 19.3 Å². The minimum absolute atomic E-state index is 0.0879. The normalized spacial score (nSPS) is 13.0. The van der Waals surface area contributed by atoms with Gasteiger partial charge in [0.15, 0.2) is 0 Å². The van der Waals surface area contributed by atoms with Gasteiger partial charge in [-0.25, -0.2) is 0 Å². The van der Waals surface area contributed by atoms with Crippen molar-refractivity contribution in [2.75, 3.05) is 31.5 Å². The molecule has 0 atom stereocenters. The van der Waals surface area contributed by atoms with Crippen molar-refractivity contribution in [3.05, 3.63) is 114 Å². The molecule has 0 radical (unpaired) electrons. The standard InChI is InChI=1S/C37H35N5O5/c1-25-4-8-27(9-5-25)28-12-14-30(15-13-28)36-39-35(40-47-36)29-10-6-26(7-11-29)22-42(24-34(44)45)37(46)31-16-18-32(19-17-31)38-33(43)23-41-20-2-3-21-41/h4-19H,2-3,20-24H2,1H3,(H,38,43)(H,44,45). The lowest BCUT2D eigenvalue weighted by molar-refractivity contribution is -0.137. The Hall–Kier alpha value is -5.61. The fourth-order valence-electron chi connectivity index (χ4n) is 5.57. The lowest BCUT2D eigenvalue weighted by Gasteiger charge is -2.21. The summed E-state index contributed by atoms with van der Waals surface area (Å²) >= 11 is 0. The van der Waals surface area contributed by atoms with E-state index in [-0.39, 0.29) is 12.5 Å². The maximum absolute atomic E-state index is 13.3. The van der Waals surface area contributed by atoms with Crippen molar-refractivity contribution in [2.24, 2.45) is 0 Å². The zero-order valence-electron chi connectivity index (χ0n) is 26.1. The molecule has 4 aromatic carbocycles. The molecule has 6 rings (SSSR count). The van der Waals surface area contributed by atoms with Gasteiger partial charge in [-0.15, -0.1) is 0 Å². The first-order valence-corrected chi connectivity index (χ1v) is 15.5. The number of hydrogen-bond acceptors (Lipinski definition) is 7. The van der Waals surface area contributed by atoms with Gasteiger partial charge in [0.05, 0.1) is 6.54 Å². The van der Waals surface area contributed by atoms with Crippen LogP contribution in [0.15, 0.2) is 102 Å². The molecule has 2 heterocycles. The smallest absolute Gasteiger partial charge is 0.323 e. The first-order valence-electron chi connectivity index (χ1n) is 15.5. The van der Waals surface area contributed by atoms with Crippen molar-refractivity contribution in [1.82, 2.24) is 19.9 Å². The molecule has 47 heavy (non-hydrogen) atoms. The number of aliphatic carboxylic acids is 1. The molecule has 0 bridgehead atoms. The second-order valence-electron chi connectivity index (χ2n) is 11.7. The van der Waals surface area contributed by atoms with Crippen molar-refractivity contribution >= 4 is 23.5 Å². The highest BCUT2D eigenvalue weighted by Gasteiger charge is 2.20. The molecule has 1 saturated heterocycles. The molecule has 1 aliphatic rings. The summed E-state index contributed by atoms with van der Waals surface area (Å²) in [5.74, 6) is -0.837. The fourth-order valence-corrected chi connectivity index (χ4v) is 5.57. The van der Waals surface area contributed by atoms with E-state index in [2.05, 4.69) is 51.5 Å². The molecular weight excluding hydrogens is 594 g/mol. The third kappa shape index (κ3) is 7.98. The number of carbonyl (C=O) groups is 3. The van der Waals surface area contributed by atoms with E-state index >= 15 is 0 Å². The number of likely N-dealkylation sites (tertiary alicyclic amines) is 1. The second kappa shape index (κ2) is 14.2. The maximum Gasteiger partial charge on any atom is 0.323 e. The number of rotatable bonds is 11. The summed E-state index contributed by atoms with van der Waals surface area (Å²) in [5, 5.41) is 16.5. The van der Waals surface area contributed by atoms with Crippen LogP contribution in [0.2, 0.25) is 0 Å². The van der Waals surface area contributed by atoms with Crippen LogP contribution in [0, 0.1) is 6.92 Å². The monoisotopic (exact) mass is 629 g/mol. The third-order valence-corrected chi connectivity index (χ3v) is 8.12. The molecule has 0 saturated carbocycles. The largest absolute Gasteiger partial charge is 0.480 e. The van der Waals surface area contributed by atoms with E-state index in [1.165, 1.54) is 10.5 Å². The van der Waals surface area contributed by atoms with Crippen molar-refractivity contribution < 1.29 is 24.0 Å². The molecule has 0 unspecified atom stereocenters. The average molecular weight is 630 g/mol. The number of benzene rings is 4. The van der Waals surface area contributed by atoms with Crippen LogP contribution in [0.5, 0.6) is 0 Å². The Bertz CT molecular complexity index is 1840. The van der Waals surface area contributed by atoms with E-state index in [9.17, 15) is 19.5 Å². The predicted octanol–water partition coefficient (Wildman–Crippen LogP) is 6.14. The number of nitrogens with one attached hydrogen (secondary N) is 1. The second-order valence-corrected chi connectivity index (χ2v) is 11.7. The van der Waals surface area contributed by atoms with Crippen LogP contribution < -0.4 is 5.32 Å². The van der Waals surface area contributed by atoms with Gasteiger partial charge in [-0.05, 0) is 85.9 Å². The Morgan fingerprint density at radius 2 is 1.40 bits per heavy atom. The summed E-state index contributed by atoms with van der Waals surface area (Å²) in [6.07, 6.45) is 2.21. The van der Waals surface area contributed by atoms with E-state index in [0.717, 1.165) is 53.7 Å². The number of aromatic nitrogens is 2. The SMILES string of the molecule is Cc1ccc(-c2ccc(-c3nc(-c4ccc(CN(CC(=O)O)C(=O)c5ccc(NC(=O)CN6CCCC6)cc5)cc4)no3)cc2)cc1. The van der Waals surface area contributed by atoms with Crippen molar-refractivity contribution in [2.45, 2.75) is 26.3 Å². The van der Waals surface area contributed by atoms with Gasteiger partial charge in [0, 0.05) is 28.9 Å². The molecule has 1 aliphatic heterocycles. The van der Waals surface area contributed by atoms with Crippen LogP contribution in [0.3, 0.4) is 0 Å². The van der Waals surface area contributed by atoms with E-state index in [0.29, 0.717) is 29.5 Å². The number of carboxylic acids is 1. The first kappa shape index (κ1) is 31.4. The Kier molecular flexibility index (Phi) is 9.49. The van der Waals surface area contributed by atoms with E-state index in [1.54, 1.807) is 24.3 Å². The molecule has 2 N–H and O–H groups in total. The van der Waals surface area contributed by atoms with Crippen LogP contribution in [-0.4, -0.2) is 69.0 Å². The Morgan fingerprint density at radius 3 is 2.04 bits per heavy atom. The number of carboxylic acid groups (broad SMARTS) is 1. The zero-order chi connectivity index (χ0) is 32.8. The Morgan fingerprint density at radius 1 is 0.809 bits per heavy atom. The van der Waals surface area contributed by atoms with Crippen molar-refractivity contribution in [3.63, 3.8) is 0 Å². The van der Waals surface area contributed by atoms with Gasteiger partial charge < -0.3 is 19.8 Å². The predicted molar refractivity (Wildman–Crippen MR) is 178 cm³/mol. The van der Waals surface area contributed by atoms with Crippen LogP contribution in [-0.2, 0) is 16.1 Å². The lowest BCUT2D eigenvalue weighted by Crippen LogP contribution is -2.35. The molecule has 2 amide bonds. The molecule has 1 aromatic heterocycles. The molecule has 1 fully saturated rings. The van der Waals surface area contributed by atoms with E-state index in [1.807, 2.05) is 48.5 Å². The summed E-state index contributed by atoms with van der Waals surface area (Å²) in [7, 11) is 0. The van der Waals surface area contributed by atoms with Crippen LogP contribution in [0.1, 0.15) is 34.3 Å². The lowest BCUT2D eigenvalue weighted by atomic mass is 10.0. The highest BCUT2D eigenvalue weighted by atomic mass is 16.5. The zero-order valence-corrected chi connectivity index (χ0v) is 26.1. The summed E-state index contributed by atoms with van der Waals surface area (Å²) in [5.41, 5.74) is 6.60. The van der Waals surface area contributed by atoms with E-state index in [4.69, 9.17) is 4.52 Å². The molecular formula is C37H35N5O5. The molecule has 238 valence electrons. The van der Waals surface area contributed by atoms with Gasteiger partial charge in [0.25, 0.3) is 11.8 Å². The van der Waals surface area contributed by atoms with Gasteiger partial charge in [-0.2, -0.15) is 4.98 Å². The highest BCUT2D eigenvalue weighted by molar-refractivity contribution is 5.97. The summed E-state index contributed by atoms with van der Waals surface area (Å²) in [6, 6.07) is 30.0. The van der Waals surface area contributed by atoms with E-state index < -0.39 is 18.4 Å². The van der Waals surface area contributed by atoms with Crippen LogP contribution >= 0.6 is 0 Å². The number of hydrogen-bond donors (Lipinski definition) is 2. The fraction of sp³-hybridized carbons (Fsp3) is 0.216. The highest BCUT2D eigenvalue weighted by Crippen LogP contribution is 2.26. The van der Waals surface area contributed by atoms with Gasteiger partial charge >= 0.3 is 5.97 Å². The van der Waals surface area contributed by atoms with Crippen molar-refractivity contribution in [1.29, 1.82) is 0 Å². The third-order valence-electron chi connectivity index (χ3n) is 8.12. The minimum Gasteiger partial charge on any atom is -0.480 e. The maximum atomic E-state index is 13.3. The molecule has 0 aliphatic carbocycles. The number of aryl methyl sites for hydroxylation is 1. The Balaban J connectivity index is 1.09.